The summed E-state index contributed by atoms with van der Waals surface area (Å²) in [7, 11) is 0. The lowest BCUT2D eigenvalue weighted by atomic mass is 9.96. The predicted octanol–water partition coefficient (Wildman–Crippen LogP) is 7.04. The molecule has 0 unspecified atom stereocenters. The van der Waals surface area contributed by atoms with Crippen LogP contribution in [0.15, 0.2) is 72.1 Å². The zero-order chi connectivity index (χ0) is 22.5. The summed E-state index contributed by atoms with van der Waals surface area (Å²) in [6.07, 6.45) is -0.00901. The fraction of sp³-hybridized carbons (Fsp3) is 0.179. The van der Waals surface area contributed by atoms with E-state index in [9.17, 15) is 4.79 Å². The SMILES string of the molecule is CC#C[C@H](CC(=O)O)c1ccc(OCc2ccc3scc(-c4ccccc4C)c3c2)cc1. The number of hydrogen-bond acceptors (Lipinski definition) is 3. The highest BCUT2D eigenvalue weighted by molar-refractivity contribution is 7.17. The lowest BCUT2D eigenvalue weighted by Gasteiger charge is -2.11. The minimum atomic E-state index is -0.855. The summed E-state index contributed by atoms with van der Waals surface area (Å²) in [5.74, 6) is 5.38. The zero-order valence-corrected chi connectivity index (χ0v) is 18.9. The summed E-state index contributed by atoms with van der Waals surface area (Å²) in [4.78, 5) is 11.1. The molecule has 1 heterocycles. The highest BCUT2D eigenvalue weighted by atomic mass is 32.1. The van der Waals surface area contributed by atoms with Crippen molar-refractivity contribution in [1.29, 1.82) is 0 Å². The molecule has 3 nitrogen and oxygen atoms in total. The molecule has 0 aliphatic heterocycles. The maximum absolute atomic E-state index is 11.1. The van der Waals surface area contributed by atoms with Gasteiger partial charge in [0.05, 0.1) is 12.3 Å². The van der Waals surface area contributed by atoms with Gasteiger partial charge in [-0.2, -0.15) is 0 Å². The second-order valence-electron chi connectivity index (χ2n) is 7.70. The number of benzene rings is 3. The Morgan fingerprint density at radius 1 is 1.06 bits per heavy atom. The third-order valence-electron chi connectivity index (χ3n) is 5.46. The Bertz CT molecular complexity index is 1310. The molecule has 3 aromatic carbocycles. The monoisotopic (exact) mass is 440 g/mol. The topological polar surface area (TPSA) is 46.5 Å². The van der Waals surface area contributed by atoms with Crippen molar-refractivity contribution in [2.24, 2.45) is 0 Å². The Morgan fingerprint density at radius 2 is 1.84 bits per heavy atom. The van der Waals surface area contributed by atoms with Crippen LogP contribution in [0.3, 0.4) is 0 Å². The van der Waals surface area contributed by atoms with Gasteiger partial charge in [0.1, 0.15) is 12.4 Å². The van der Waals surface area contributed by atoms with Crippen LogP contribution in [0.25, 0.3) is 21.2 Å². The van der Waals surface area contributed by atoms with E-state index in [2.05, 4.69) is 66.6 Å². The molecular formula is C28H24O3S. The molecule has 0 saturated carbocycles. The fourth-order valence-corrected chi connectivity index (χ4v) is 4.76. The maximum Gasteiger partial charge on any atom is 0.304 e. The average Bonchev–Trinajstić information content (AvgIpc) is 3.21. The number of carbonyl (C=O) groups is 1. The molecule has 4 heteroatoms. The van der Waals surface area contributed by atoms with Gasteiger partial charge < -0.3 is 9.84 Å². The lowest BCUT2D eigenvalue weighted by Crippen LogP contribution is -2.04. The molecule has 0 aliphatic carbocycles. The van der Waals surface area contributed by atoms with Gasteiger partial charge in [0.25, 0.3) is 0 Å². The van der Waals surface area contributed by atoms with E-state index in [1.54, 1.807) is 18.3 Å². The van der Waals surface area contributed by atoms with Gasteiger partial charge >= 0.3 is 5.97 Å². The van der Waals surface area contributed by atoms with Gasteiger partial charge in [0, 0.05) is 15.6 Å². The quantitative estimate of drug-likeness (QED) is 0.314. The molecule has 0 amide bonds. The van der Waals surface area contributed by atoms with Gasteiger partial charge in [-0.05, 0) is 65.7 Å². The normalized spacial score (nSPS) is 11.6. The number of carboxylic acid groups (broad SMARTS) is 1. The first-order chi connectivity index (χ1) is 15.5. The molecule has 0 spiro atoms. The number of rotatable bonds is 7. The highest BCUT2D eigenvalue weighted by Crippen LogP contribution is 2.36. The van der Waals surface area contributed by atoms with Crippen molar-refractivity contribution >= 4 is 27.4 Å². The molecule has 1 atom stereocenters. The molecule has 0 fully saturated rings. The van der Waals surface area contributed by atoms with E-state index in [-0.39, 0.29) is 12.3 Å². The smallest absolute Gasteiger partial charge is 0.304 e. The molecule has 4 rings (SSSR count). The molecule has 1 N–H and O–H groups in total. The molecule has 0 aliphatic rings. The van der Waals surface area contributed by atoms with Gasteiger partial charge in [-0.25, -0.2) is 0 Å². The van der Waals surface area contributed by atoms with E-state index >= 15 is 0 Å². The summed E-state index contributed by atoms with van der Waals surface area (Å²) in [6, 6.07) is 22.5. The number of aliphatic carboxylic acids is 1. The summed E-state index contributed by atoms with van der Waals surface area (Å²) >= 11 is 1.76. The third-order valence-corrected chi connectivity index (χ3v) is 6.42. The standard InChI is InChI=1S/C28H24O3S/c1-3-6-22(16-28(29)30)21-10-12-23(13-11-21)31-17-20-9-14-27-25(15-20)26(18-32-27)24-8-5-4-7-19(24)2/h4-5,7-15,18,22H,16-17H2,1-2H3,(H,29,30)/t22-/m1/s1. The van der Waals surface area contributed by atoms with Gasteiger partial charge in [0.2, 0.25) is 0 Å². The average molecular weight is 441 g/mol. The number of fused-ring (bicyclic) bond motifs is 1. The minimum absolute atomic E-state index is 0.00901. The molecule has 1 aromatic heterocycles. The van der Waals surface area contributed by atoms with E-state index in [0.29, 0.717) is 6.61 Å². The largest absolute Gasteiger partial charge is 0.489 e. The van der Waals surface area contributed by atoms with Crippen LogP contribution in [0.5, 0.6) is 5.75 Å². The second kappa shape index (κ2) is 9.72. The molecule has 0 bridgehead atoms. The summed E-state index contributed by atoms with van der Waals surface area (Å²) in [5.41, 5.74) is 5.78. The molecular weight excluding hydrogens is 416 g/mol. The van der Waals surface area contributed by atoms with Crippen LogP contribution in [-0.2, 0) is 11.4 Å². The van der Waals surface area contributed by atoms with Crippen molar-refractivity contribution in [3.05, 3.63) is 88.8 Å². The minimum Gasteiger partial charge on any atom is -0.489 e. The van der Waals surface area contributed by atoms with Gasteiger partial charge in [-0.3, -0.25) is 4.79 Å². The fourth-order valence-electron chi connectivity index (χ4n) is 3.81. The predicted molar refractivity (Wildman–Crippen MR) is 131 cm³/mol. The first-order valence-electron chi connectivity index (χ1n) is 10.5. The number of hydrogen-bond donors (Lipinski definition) is 1. The Morgan fingerprint density at radius 3 is 2.56 bits per heavy atom. The van der Waals surface area contributed by atoms with Crippen LogP contribution < -0.4 is 4.74 Å². The van der Waals surface area contributed by atoms with E-state index in [1.165, 1.54) is 26.8 Å². The Labute approximate surface area is 192 Å². The van der Waals surface area contributed by atoms with Gasteiger partial charge in [-0.1, -0.05) is 48.4 Å². The first-order valence-corrected chi connectivity index (χ1v) is 11.4. The number of aryl methyl sites for hydroxylation is 1. The van der Waals surface area contributed by atoms with E-state index in [0.717, 1.165) is 16.9 Å². The van der Waals surface area contributed by atoms with Gasteiger partial charge in [0.15, 0.2) is 0 Å². The Kier molecular flexibility index (Phi) is 6.58. The molecule has 32 heavy (non-hydrogen) atoms. The molecule has 4 aromatic rings. The third kappa shape index (κ3) is 4.85. The summed E-state index contributed by atoms with van der Waals surface area (Å²) < 4.78 is 7.28. The van der Waals surface area contributed by atoms with Crippen LogP contribution >= 0.6 is 11.3 Å². The summed E-state index contributed by atoms with van der Waals surface area (Å²) in [6.45, 7) is 4.33. The number of carboxylic acids is 1. The molecule has 0 radical (unpaired) electrons. The van der Waals surface area contributed by atoms with Crippen LogP contribution in [0.2, 0.25) is 0 Å². The van der Waals surface area contributed by atoms with Crippen molar-refractivity contribution in [1.82, 2.24) is 0 Å². The van der Waals surface area contributed by atoms with Gasteiger partial charge in [-0.15, -0.1) is 17.3 Å². The van der Waals surface area contributed by atoms with Crippen LogP contribution in [0.4, 0.5) is 0 Å². The number of thiophene rings is 1. The molecule has 160 valence electrons. The van der Waals surface area contributed by atoms with Crippen LogP contribution in [0.1, 0.15) is 36.0 Å². The van der Waals surface area contributed by atoms with Crippen molar-refractivity contribution in [2.75, 3.05) is 0 Å². The van der Waals surface area contributed by atoms with E-state index in [4.69, 9.17) is 9.84 Å². The highest BCUT2D eigenvalue weighted by Gasteiger charge is 2.13. The molecule has 0 saturated heterocycles. The van der Waals surface area contributed by atoms with E-state index < -0.39 is 5.97 Å². The summed E-state index contributed by atoms with van der Waals surface area (Å²) in [5, 5.41) is 12.6. The maximum atomic E-state index is 11.1. The van der Waals surface area contributed by atoms with Crippen molar-refractivity contribution in [2.45, 2.75) is 32.8 Å². The Hall–Kier alpha value is -3.55. The second-order valence-corrected chi connectivity index (χ2v) is 8.61. The number of ether oxygens (including phenoxy) is 1. The van der Waals surface area contributed by atoms with Crippen LogP contribution in [-0.4, -0.2) is 11.1 Å². The van der Waals surface area contributed by atoms with Crippen molar-refractivity contribution in [3.8, 4) is 28.7 Å². The van der Waals surface area contributed by atoms with Crippen molar-refractivity contribution < 1.29 is 14.6 Å². The first kappa shape index (κ1) is 21.7. The van der Waals surface area contributed by atoms with E-state index in [1.807, 2.05) is 24.3 Å². The van der Waals surface area contributed by atoms with Crippen molar-refractivity contribution in [3.63, 3.8) is 0 Å². The zero-order valence-electron chi connectivity index (χ0n) is 18.1. The Balaban J connectivity index is 1.51. The van der Waals surface area contributed by atoms with Crippen LogP contribution in [0, 0.1) is 18.8 Å². The lowest BCUT2D eigenvalue weighted by molar-refractivity contribution is -0.137.